The van der Waals surface area contributed by atoms with Gasteiger partial charge in [0.05, 0.1) is 4.90 Å². The van der Waals surface area contributed by atoms with E-state index in [9.17, 15) is 8.42 Å². The van der Waals surface area contributed by atoms with Gasteiger partial charge in [0.2, 0.25) is 10.0 Å². The molecule has 1 atom stereocenters. The number of hydrogen-bond acceptors (Lipinski definition) is 3. The Morgan fingerprint density at radius 1 is 1.26 bits per heavy atom. The van der Waals surface area contributed by atoms with Crippen LogP contribution in [0.15, 0.2) is 29.2 Å². The molecule has 1 fully saturated rings. The summed E-state index contributed by atoms with van der Waals surface area (Å²) >= 11 is 0. The third kappa shape index (κ3) is 3.16. The van der Waals surface area contributed by atoms with Crippen molar-refractivity contribution >= 4 is 10.0 Å². The first kappa shape index (κ1) is 14.5. The minimum atomic E-state index is -3.34. The molecule has 1 unspecified atom stereocenters. The van der Waals surface area contributed by atoms with Crippen LogP contribution < -0.4 is 5.73 Å². The highest BCUT2D eigenvalue weighted by Crippen LogP contribution is 2.25. The first-order chi connectivity index (χ1) is 9.05. The monoisotopic (exact) mass is 282 g/mol. The summed E-state index contributed by atoms with van der Waals surface area (Å²) in [6, 6.07) is 7.20. The fourth-order valence-corrected chi connectivity index (χ4v) is 4.26. The van der Waals surface area contributed by atoms with Gasteiger partial charge in [0.1, 0.15) is 0 Å². The summed E-state index contributed by atoms with van der Waals surface area (Å²) in [5.41, 5.74) is 6.57. The van der Waals surface area contributed by atoms with E-state index in [1.807, 2.05) is 19.1 Å². The molecule has 106 valence electrons. The van der Waals surface area contributed by atoms with E-state index in [2.05, 4.69) is 0 Å². The Morgan fingerprint density at radius 3 is 2.53 bits per heavy atom. The van der Waals surface area contributed by atoms with Gasteiger partial charge < -0.3 is 5.73 Å². The topological polar surface area (TPSA) is 63.4 Å². The van der Waals surface area contributed by atoms with Gasteiger partial charge in [-0.1, -0.05) is 18.6 Å². The van der Waals surface area contributed by atoms with Gasteiger partial charge >= 0.3 is 0 Å². The van der Waals surface area contributed by atoms with Gasteiger partial charge in [-0.25, -0.2) is 8.42 Å². The molecule has 0 amide bonds. The molecular formula is C14H22N2O2S. The standard InChI is InChI=1S/C14H22N2O2S/c1-12-4-2-3-11-16(12)19(17,18)14-7-5-13(6-8-14)9-10-15/h5-8,12H,2-4,9-11,15H2,1H3. The summed E-state index contributed by atoms with van der Waals surface area (Å²) in [7, 11) is -3.34. The van der Waals surface area contributed by atoms with Crippen LogP contribution in [0.4, 0.5) is 0 Å². The lowest BCUT2D eigenvalue weighted by atomic mass is 10.1. The van der Waals surface area contributed by atoms with Gasteiger partial charge in [-0.2, -0.15) is 4.31 Å². The molecule has 0 bridgehead atoms. The zero-order valence-electron chi connectivity index (χ0n) is 11.4. The number of sulfonamides is 1. The molecule has 2 N–H and O–H groups in total. The Morgan fingerprint density at radius 2 is 1.95 bits per heavy atom. The average molecular weight is 282 g/mol. The molecule has 2 rings (SSSR count). The molecule has 0 radical (unpaired) electrons. The summed E-state index contributed by atoms with van der Waals surface area (Å²) in [5, 5.41) is 0. The Balaban J connectivity index is 2.23. The van der Waals surface area contributed by atoms with Gasteiger partial charge in [-0.3, -0.25) is 0 Å². The molecule has 5 heteroatoms. The van der Waals surface area contributed by atoms with Crippen molar-refractivity contribution in [1.29, 1.82) is 0 Å². The van der Waals surface area contributed by atoms with Crippen molar-refractivity contribution in [2.75, 3.05) is 13.1 Å². The lowest BCUT2D eigenvalue weighted by Crippen LogP contribution is -2.41. The molecule has 4 nitrogen and oxygen atoms in total. The van der Waals surface area contributed by atoms with E-state index in [-0.39, 0.29) is 6.04 Å². The van der Waals surface area contributed by atoms with Crippen LogP contribution in [0.2, 0.25) is 0 Å². The van der Waals surface area contributed by atoms with E-state index in [0.29, 0.717) is 18.0 Å². The normalized spacial score (nSPS) is 21.5. The van der Waals surface area contributed by atoms with Gasteiger partial charge in [0.15, 0.2) is 0 Å². The highest BCUT2D eigenvalue weighted by Gasteiger charge is 2.30. The number of nitrogens with two attached hydrogens (primary N) is 1. The van der Waals surface area contributed by atoms with Crippen LogP contribution in [0.5, 0.6) is 0 Å². The third-order valence-electron chi connectivity index (χ3n) is 3.70. The van der Waals surface area contributed by atoms with Crippen LogP contribution in [-0.4, -0.2) is 31.9 Å². The number of rotatable bonds is 4. The second-order valence-corrected chi connectivity index (χ2v) is 7.03. The summed E-state index contributed by atoms with van der Waals surface area (Å²) < 4.78 is 26.8. The van der Waals surface area contributed by atoms with Crippen molar-refractivity contribution in [3.63, 3.8) is 0 Å². The predicted molar refractivity (Wildman–Crippen MR) is 76.4 cm³/mol. The maximum absolute atomic E-state index is 12.6. The highest BCUT2D eigenvalue weighted by atomic mass is 32.2. The molecule has 1 heterocycles. The quantitative estimate of drug-likeness (QED) is 0.915. The van der Waals surface area contributed by atoms with E-state index < -0.39 is 10.0 Å². The van der Waals surface area contributed by atoms with Crippen molar-refractivity contribution in [2.45, 2.75) is 43.5 Å². The molecule has 1 saturated heterocycles. The predicted octanol–water partition coefficient (Wildman–Crippen LogP) is 1.75. The van der Waals surface area contributed by atoms with Crippen molar-refractivity contribution in [3.8, 4) is 0 Å². The molecule has 1 aliphatic heterocycles. The number of hydrogen-bond donors (Lipinski definition) is 1. The number of piperidine rings is 1. The fraction of sp³-hybridized carbons (Fsp3) is 0.571. The molecule has 0 aliphatic carbocycles. The van der Waals surface area contributed by atoms with Crippen LogP contribution in [0, 0.1) is 0 Å². The summed E-state index contributed by atoms with van der Waals surface area (Å²) in [6.07, 6.45) is 3.79. The van der Waals surface area contributed by atoms with E-state index in [4.69, 9.17) is 5.73 Å². The molecule has 0 spiro atoms. The van der Waals surface area contributed by atoms with Crippen LogP contribution in [-0.2, 0) is 16.4 Å². The maximum Gasteiger partial charge on any atom is 0.243 e. The first-order valence-electron chi connectivity index (χ1n) is 6.86. The van der Waals surface area contributed by atoms with Crippen LogP contribution in [0.3, 0.4) is 0 Å². The highest BCUT2D eigenvalue weighted by molar-refractivity contribution is 7.89. The molecule has 1 aliphatic rings. The van der Waals surface area contributed by atoms with E-state index in [1.54, 1.807) is 16.4 Å². The van der Waals surface area contributed by atoms with E-state index in [1.165, 1.54) is 0 Å². The third-order valence-corrected chi connectivity index (χ3v) is 5.73. The zero-order valence-corrected chi connectivity index (χ0v) is 12.2. The van der Waals surface area contributed by atoms with Gasteiger partial charge in [-0.15, -0.1) is 0 Å². The van der Waals surface area contributed by atoms with Crippen LogP contribution >= 0.6 is 0 Å². The fourth-order valence-electron chi connectivity index (χ4n) is 2.56. The number of benzene rings is 1. The average Bonchev–Trinajstić information content (AvgIpc) is 2.40. The Bertz CT molecular complexity index is 511. The number of nitrogens with zero attached hydrogens (tertiary/aromatic N) is 1. The van der Waals surface area contributed by atoms with Crippen LogP contribution in [0.25, 0.3) is 0 Å². The molecule has 0 saturated carbocycles. The van der Waals surface area contributed by atoms with E-state index >= 15 is 0 Å². The molecule has 19 heavy (non-hydrogen) atoms. The second-order valence-electron chi connectivity index (χ2n) is 5.14. The van der Waals surface area contributed by atoms with Gasteiger partial charge in [0.25, 0.3) is 0 Å². The summed E-state index contributed by atoms with van der Waals surface area (Å²) in [5.74, 6) is 0. The lowest BCUT2D eigenvalue weighted by Gasteiger charge is -2.32. The van der Waals surface area contributed by atoms with Gasteiger partial charge in [-0.05, 0) is 50.4 Å². The first-order valence-corrected chi connectivity index (χ1v) is 8.30. The molecular weight excluding hydrogens is 260 g/mol. The Labute approximate surface area is 115 Å². The smallest absolute Gasteiger partial charge is 0.243 e. The summed E-state index contributed by atoms with van der Waals surface area (Å²) in [4.78, 5) is 0.391. The lowest BCUT2D eigenvalue weighted by molar-refractivity contribution is 0.268. The van der Waals surface area contributed by atoms with Gasteiger partial charge in [0, 0.05) is 12.6 Å². The van der Waals surface area contributed by atoms with Crippen molar-refractivity contribution < 1.29 is 8.42 Å². The van der Waals surface area contributed by atoms with Crippen molar-refractivity contribution in [2.24, 2.45) is 5.73 Å². The summed E-state index contributed by atoms with van der Waals surface area (Å²) in [6.45, 7) is 3.20. The minimum absolute atomic E-state index is 0.0995. The molecule has 1 aromatic rings. The molecule has 1 aromatic carbocycles. The largest absolute Gasteiger partial charge is 0.330 e. The minimum Gasteiger partial charge on any atom is -0.330 e. The maximum atomic E-state index is 12.6. The Kier molecular flexibility index (Phi) is 4.60. The SMILES string of the molecule is CC1CCCCN1S(=O)(=O)c1ccc(CCN)cc1. The second kappa shape index (κ2) is 6.03. The van der Waals surface area contributed by atoms with E-state index in [0.717, 1.165) is 31.2 Å². The van der Waals surface area contributed by atoms with Crippen molar-refractivity contribution in [1.82, 2.24) is 4.31 Å². The molecule has 0 aromatic heterocycles. The van der Waals surface area contributed by atoms with Crippen LogP contribution in [0.1, 0.15) is 31.7 Å². The van der Waals surface area contributed by atoms with Crippen molar-refractivity contribution in [3.05, 3.63) is 29.8 Å². The Hall–Kier alpha value is -0.910. The zero-order chi connectivity index (χ0) is 13.9.